The molecule has 6 heteroatoms. The molecule has 1 unspecified atom stereocenters. The zero-order chi connectivity index (χ0) is 7.82. The third-order valence-electron chi connectivity index (χ3n) is 0.682. The van der Waals surface area contributed by atoms with Crippen molar-refractivity contribution >= 4 is 19.9 Å². The number of rotatable bonds is 6. The fourth-order valence-electron chi connectivity index (χ4n) is 0.353. The fourth-order valence-corrected chi connectivity index (χ4v) is 1.28. The molecule has 1 atom stereocenters. The van der Waals surface area contributed by atoms with E-state index in [1.165, 1.54) is 11.8 Å². The van der Waals surface area contributed by atoms with Gasteiger partial charge in [0.2, 0.25) is 0 Å². The fraction of sp³-hybridized carbons (Fsp3) is 1.00. The van der Waals surface area contributed by atoms with Gasteiger partial charge in [-0.05, 0) is 4.57 Å². The van der Waals surface area contributed by atoms with Crippen LogP contribution in [0.2, 0.25) is 0 Å². The Kier molecular flexibility index (Phi) is 7.68. The molecule has 0 bridgehead atoms. The highest BCUT2D eigenvalue weighted by molar-refractivity contribution is 7.99. The third kappa shape index (κ3) is 8.33. The van der Waals surface area contributed by atoms with Crippen LogP contribution in [-0.2, 0) is 9.09 Å². The molecule has 0 fully saturated rings. The van der Waals surface area contributed by atoms with Gasteiger partial charge < -0.3 is 5.11 Å². The molecule has 0 amide bonds. The van der Waals surface area contributed by atoms with Crippen LogP contribution in [0.5, 0.6) is 0 Å². The highest BCUT2D eigenvalue weighted by atomic mass is 32.2. The molecule has 4 nitrogen and oxygen atoms in total. The molecule has 3 N–H and O–H groups in total. The summed E-state index contributed by atoms with van der Waals surface area (Å²) in [6, 6.07) is 0. The molecule has 0 saturated heterocycles. The molecule has 60 valence electrons. The van der Waals surface area contributed by atoms with E-state index in [4.69, 9.17) is 10.6 Å². The van der Waals surface area contributed by atoms with E-state index in [9.17, 15) is 4.57 Å². The first-order valence-corrected chi connectivity index (χ1v) is 5.21. The highest BCUT2D eigenvalue weighted by Gasteiger charge is 2.06. The summed E-state index contributed by atoms with van der Waals surface area (Å²) in [5.74, 6) is 1.41. The predicted molar refractivity (Wildman–Crippen MR) is 42.2 cm³/mol. The average molecular weight is 184 g/mol. The lowest BCUT2D eigenvalue weighted by atomic mass is 10.9. The average Bonchev–Trinajstić information content (AvgIpc) is 1.87. The molecular weight excluding hydrogens is 173 g/mol. The number of hydrogen-bond donors (Lipinski definition) is 2. The van der Waals surface area contributed by atoms with Gasteiger partial charge in [0.05, 0.1) is 6.61 Å². The molecule has 0 aliphatic rings. The zero-order valence-corrected chi connectivity index (χ0v) is 7.24. The zero-order valence-electron chi connectivity index (χ0n) is 5.52. The van der Waals surface area contributed by atoms with Crippen LogP contribution in [-0.4, -0.2) is 29.8 Å². The Morgan fingerprint density at radius 2 is 2.30 bits per heavy atom. The summed E-state index contributed by atoms with van der Waals surface area (Å²) in [6.45, 7) is 0.551. The second kappa shape index (κ2) is 7.44. The number of nitrogens with two attached hydrogens (primary N) is 1. The van der Waals surface area contributed by atoms with Crippen molar-refractivity contribution in [1.82, 2.24) is 0 Å². The molecule has 0 spiro atoms. The first-order valence-electron chi connectivity index (χ1n) is 2.81. The van der Waals surface area contributed by atoms with E-state index in [1.807, 2.05) is 0 Å². The Labute approximate surface area is 65.1 Å². The van der Waals surface area contributed by atoms with Gasteiger partial charge in [0.15, 0.2) is 0 Å². The molecular formula is C4H11NO3PS+. The van der Waals surface area contributed by atoms with Gasteiger partial charge in [-0.15, -0.1) is 4.52 Å². The van der Waals surface area contributed by atoms with Gasteiger partial charge in [0.1, 0.15) is 6.61 Å². The Morgan fingerprint density at radius 1 is 1.60 bits per heavy atom. The number of hydrogen-bond acceptors (Lipinski definition) is 4. The van der Waals surface area contributed by atoms with Gasteiger partial charge in [0.25, 0.3) is 0 Å². The molecule has 0 heterocycles. The van der Waals surface area contributed by atoms with Gasteiger partial charge in [-0.3, -0.25) is 0 Å². The number of aliphatic hydroxyl groups excluding tert-OH is 1. The first-order chi connectivity index (χ1) is 4.77. The van der Waals surface area contributed by atoms with Gasteiger partial charge in [-0.1, -0.05) is 5.50 Å². The van der Waals surface area contributed by atoms with Crippen LogP contribution < -0.4 is 5.50 Å². The summed E-state index contributed by atoms with van der Waals surface area (Å²) in [7, 11) is -1.95. The number of aliphatic hydroxyl groups is 1. The van der Waals surface area contributed by atoms with E-state index < -0.39 is 8.18 Å². The summed E-state index contributed by atoms with van der Waals surface area (Å²) in [5.41, 5.74) is 4.84. The maximum absolute atomic E-state index is 10.1. The van der Waals surface area contributed by atoms with E-state index in [0.717, 1.165) is 5.75 Å². The van der Waals surface area contributed by atoms with Crippen LogP contribution in [0.3, 0.4) is 0 Å². The molecule has 0 saturated carbocycles. The van der Waals surface area contributed by atoms with Crippen LogP contribution in [0.15, 0.2) is 0 Å². The molecule has 0 aliphatic carbocycles. The molecule has 0 aliphatic heterocycles. The maximum atomic E-state index is 10.1. The predicted octanol–water partition coefficient (Wildman–Crippen LogP) is 0.345. The van der Waals surface area contributed by atoms with E-state index in [1.54, 1.807) is 0 Å². The Morgan fingerprint density at radius 3 is 2.80 bits per heavy atom. The number of thioether (sulfide) groups is 1. The quantitative estimate of drug-likeness (QED) is 0.460. The minimum Gasteiger partial charge on any atom is -0.396 e. The van der Waals surface area contributed by atoms with E-state index in [0.29, 0.717) is 12.4 Å². The van der Waals surface area contributed by atoms with Crippen molar-refractivity contribution in [2.24, 2.45) is 5.50 Å². The lowest BCUT2D eigenvalue weighted by Crippen LogP contribution is -1.96. The first kappa shape index (κ1) is 10.3. The van der Waals surface area contributed by atoms with Gasteiger partial charge in [0, 0.05) is 11.5 Å². The van der Waals surface area contributed by atoms with Crippen molar-refractivity contribution in [3.63, 3.8) is 0 Å². The topological polar surface area (TPSA) is 72.6 Å². The molecule has 0 aromatic carbocycles. The van der Waals surface area contributed by atoms with Gasteiger partial charge >= 0.3 is 8.18 Å². The van der Waals surface area contributed by atoms with Crippen molar-refractivity contribution in [3.8, 4) is 0 Å². The maximum Gasteiger partial charge on any atom is 0.610 e. The third-order valence-corrected chi connectivity index (χ3v) is 2.05. The summed E-state index contributed by atoms with van der Waals surface area (Å²) in [6.07, 6.45) is 0. The Hall–Kier alpha value is 0.330. The second-order valence-corrected chi connectivity index (χ2v) is 3.51. The minimum absolute atomic E-state index is 0.166. The van der Waals surface area contributed by atoms with Crippen molar-refractivity contribution < 1.29 is 14.2 Å². The molecule has 10 heavy (non-hydrogen) atoms. The monoisotopic (exact) mass is 184 g/mol. The summed E-state index contributed by atoms with van der Waals surface area (Å²) in [4.78, 5) is 0. The summed E-state index contributed by atoms with van der Waals surface area (Å²) in [5, 5.41) is 8.33. The van der Waals surface area contributed by atoms with Crippen LogP contribution in [0, 0.1) is 0 Å². The van der Waals surface area contributed by atoms with Crippen LogP contribution in [0.25, 0.3) is 0 Å². The molecule has 0 rings (SSSR count). The SMILES string of the molecule is N[P+](=O)OCCSCCO. The van der Waals surface area contributed by atoms with Crippen molar-refractivity contribution in [2.75, 3.05) is 24.7 Å². The Balaban J connectivity index is 2.84. The standard InChI is InChI=1S/C4H11NO3PS/c5-9(7)8-2-4-10-3-1-6/h6H,1-4H2,(H2,5,7)/q+1. The smallest absolute Gasteiger partial charge is 0.396 e. The minimum atomic E-state index is -1.95. The van der Waals surface area contributed by atoms with Crippen LogP contribution >= 0.6 is 19.9 Å². The molecule has 0 radical (unpaired) electrons. The van der Waals surface area contributed by atoms with Crippen molar-refractivity contribution in [3.05, 3.63) is 0 Å². The summed E-state index contributed by atoms with van der Waals surface area (Å²) >= 11 is 1.54. The van der Waals surface area contributed by atoms with Crippen molar-refractivity contribution in [1.29, 1.82) is 0 Å². The van der Waals surface area contributed by atoms with Crippen molar-refractivity contribution in [2.45, 2.75) is 0 Å². The molecule has 0 aromatic heterocycles. The van der Waals surface area contributed by atoms with Crippen LogP contribution in [0.4, 0.5) is 0 Å². The van der Waals surface area contributed by atoms with Crippen LogP contribution in [0.1, 0.15) is 0 Å². The van der Waals surface area contributed by atoms with E-state index >= 15 is 0 Å². The summed E-state index contributed by atoms with van der Waals surface area (Å²) < 4.78 is 14.7. The van der Waals surface area contributed by atoms with E-state index in [-0.39, 0.29) is 6.61 Å². The molecule has 0 aromatic rings. The van der Waals surface area contributed by atoms with Gasteiger partial charge in [-0.2, -0.15) is 11.8 Å². The van der Waals surface area contributed by atoms with Gasteiger partial charge in [-0.25, -0.2) is 0 Å². The largest absolute Gasteiger partial charge is 0.610 e. The lowest BCUT2D eigenvalue weighted by molar-refractivity contribution is 0.322. The second-order valence-electron chi connectivity index (χ2n) is 1.45. The normalized spacial score (nSPS) is 11.6. The Bertz CT molecular complexity index is 103. The highest BCUT2D eigenvalue weighted by Crippen LogP contribution is 2.10. The lowest BCUT2D eigenvalue weighted by Gasteiger charge is -1.92. The van der Waals surface area contributed by atoms with E-state index in [2.05, 4.69) is 4.52 Å².